The van der Waals surface area contributed by atoms with Crippen LogP contribution in [0.4, 0.5) is 10.1 Å². The van der Waals surface area contributed by atoms with Crippen LogP contribution in [0, 0.1) is 5.82 Å². The minimum Gasteiger partial charge on any atom is -0.355 e. The summed E-state index contributed by atoms with van der Waals surface area (Å²) < 4.78 is 15.5. The van der Waals surface area contributed by atoms with E-state index < -0.39 is 11.7 Å². The minimum atomic E-state index is -0.622. The Bertz CT molecular complexity index is 1030. The van der Waals surface area contributed by atoms with E-state index >= 15 is 0 Å². The van der Waals surface area contributed by atoms with Crippen molar-refractivity contribution in [3.63, 3.8) is 0 Å². The fourth-order valence-corrected chi connectivity index (χ4v) is 3.58. The quantitative estimate of drug-likeness (QED) is 0.677. The number of carbonyl (C=O) groups is 2. The molecule has 148 valence electrons. The van der Waals surface area contributed by atoms with Crippen molar-refractivity contribution in [2.45, 2.75) is 25.3 Å². The number of hydrogen-bond acceptors (Lipinski definition) is 3. The van der Waals surface area contributed by atoms with Crippen LogP contribution in [0.2, 0.25) is 0 Å². The second kappa shape index (κ2) is 8.26. The number of hydrogen-bond donors (Lipinski definition) is 2. The third-order valence-corrected chi connectivity index (χ3v) is 5.02. The molecule has 2 heterocycles. The van der Waals surface area contributed by atoms with Gasteiger partial charge < -0.3 is 15.2 Å². The summed E-state index contributed by atoms with van der Waals surface area (Å²) in [6.07, 6.45) is 4.28. The lowest BCUT2D eigenvalue weighted by atomic mass is 9.89. The number of nitrogens with zero attached hydrogens (tertiary/aromatic N) is 2. The minimum absolute atomic E-state index is 0.0487. The zero-order valence-electron chi connectivity index (χ0n) is 15.8. The van der Waals surface area contributed by atoms with Crippen LogP contribution in [0.15, 0.2) is 60.9 Å². The number of rotatable bonds is 6. The van der Waals surface area contributed by atoms with E-state index in [0.717, 1.165) is 5.82 Å². The lowest BCUT2D eigenvalue weighted by Gasteiger charge is -2.24. The van der Waals surface area contributed by atoms with Gasteiger partial charge >= 0.3 is 0 Å². The van der Waals surface area contributed by atoms with E-state index in [0.29, 0.717) is 30.8 Å². The van der Waals surface area contributed by atoms with Crippen LogP contribution in [0.5, 0.6) is 0 Å². The molecule has 1 aliphatic heterocycles. The zero-order chi connectivity index (χ0) is 20.2. The molecular formula is C22H21FN4O2. The van der Waals surface area contributed by atoms with Gasteiger partial charge in [0.1, 0.15) is 11.6 Å². The lowest BCUT2D eigenvalue weighted by Crippen LogP contribution is -2.36. The Balaban J connectivity index is 1.38. The first-order valence-electron chi connectivity index (χ1n) is 9.51. The smallest absolute Gasteiger partial charge is 0.228 e. The van der Waals surface area contributed by atoms with Gasteiger partial charge in [-0.3, -0.25) is 9.59 Å². The Morgan fingerprint density at radius 3 is 2.90 bits per heavy atom. The highest BCUT2D eigenvalue weighted by Crippen LogP contribution is 2.32. The molecule has 29 heavy (non-hydrogen) atoms. The van der Waals surface area contributed by atoms with Crippen LogP contribution in [0.3, 0.4) is 0 Å². The monoisotopic (exact) mass is 392 g/mol. The molecule has 0 unspecified atom stereocenters. The largest absolute Gasteiger partial charge is 0.355 e. The molecule has 6 nitrogen and oxygen atoms in total. The van der Waals surface area contributed by atoms with Gasteiger partial charge in [0.25, 0.3) is 0 Å². The Morgan fingerprint density at radius 2 is 2.07 bits per heavy atom. The standard InChI is InChI=1S/C22H21FN4O2/c23-16-6-7-17-18(13-21(28)26-19(17)12-16)22(29)25-9-8-20-24-10-11-27(20)14-15-4-2-1-3-5-15/h1-7,10-12,18H,8-9,13-14H2,(H,25,29)(H,26,28)/t18-/m1/s1. The maximum atomic E-state index is 13.4. The van der Waals surface area contributed by atoms with Gasteiger partial charge in [-0.1, -0.05) is 36.4 Å². The number of aromatic nitrogens is 2. The molecule has 0 bridgehead atoms. The summed E-state index contributed by atoms with van der Waals surface area (Å²) in [5, 5.41) is 5.51. The molecule has 1 aromatic heterocycles. The van der Waals surface area contributed by atoms with Gasteiger partial charge in [-0.05, 0) is 23.3 Å². The van der Waals surface area contributed by atoms with Crippen LogP contribution in [0.1, 0.15) is 29.3 Å². The molecule has 3 aromatic rings. The van der Waals surface area contributed by atoms with Crippen LogP contribution in [0.25, 0.3) is 0 Å². The molecule has 0 saturated heterocycles. The van der Waals surface area contributed by atoms with Crippen LogP contribution in [-0.4, -0.2) is 27.9 Å². The normalized spacial score (nSPS) is 15.5. The average molecular weight is 392 g/mol. The Kier molecular flexibility index (Phi) is 5.37. The van der Waals surface area contributed by atoms with Gasteiger partial charge in [-0.25, -0.2) is 9.37 Å². The molecule has 0 radical (unpaired) electrons. The van der Waals surface area contributed by atoms with Crippen LogP contribution >= 0.6 is 0 Å². The van der Waals surface area contributed by atoms with Crippen LogP contribution in [-0.2, 0) is 22.6 Å². The molecular weight excluding hydrogens is 371 g/mol. The predicted octanol–water partition coefficient (Wildman–Crippen LogP) is 2.86. The maximum absolute atomic E-state index is 13.4. The molecule has 1 aliphatic rings. The summed E-state index contributed by atoms with van der Waals surface area (Å²) in [4.78, 5) is 29.0. The number of anilines is 1. The second-order valence-corrected chi connectivity index (χ2v) is 7.03. The van der Waals surface area contributed by atoms with E-state index in [-0.39, 0.29) is 18.2 Å². The van der Waals surface area contributed by atoms with E-state index in [9.17, 15) is 14.0 Å². The Hall–Kier alpha value is -3.48. The molecule has 2 amide bonds. The average Bonchev–Trinajstić information content (AvgIpc) is 3.14. The molecule has 0 spiro atoms. The number of fused-ring (bicyclic) bond motifs is 1. The van der Waals surface area contributed by atoms with Gasteiger partial charge in [-0.2, -0.15) is 0 Å². The summed E-state index contributed by atoms with van der Waals surface area (Å²) >= 11 is 0. The first-order valence-corrected chi connectivity index (χ1v) is 9.51. The highest BCUT2D eigenvalue weighted by atomic mass is 19.1. The van der Waals surface area contributed by atoms with E-state index in [1.54, 1.807) is 12.3 Å². The predicted molar refractivity (Wildman–Crippen MR) is 107 cm³/mol. The lowest BCUT2D eigenvalue weighted by molar-refractivity contribution is -0.126. The number of benzene rings is 2. The summed E-state index contributed by atoms with van der Waals surface area (Å²) in [7, 11) is 0. The van der Waals surface area contributed by atoms with Crippen molar-refractivity contribution in [1.29, 1.82) is 0 Å². The van der Waals surface area contributed by atoms with Gasteiger partial charge in [-0.15, -0.1) is 0 Å². The van der Waals surface area contributed by atoms with E-state index in [4.69, 9.17) is 0 Å². The molecule has 0 saturated carbocycles. The third kappa shape index (κ3) is 4.34. The van der Waals surface area contributed by atoms with E-state index in [1.807, 2.05) is 29.0 Å². The van der Waals surface area contributed by atoms with Crippen molar-refractivity contribution in [2.24, 2.45) is 0 Å². The topological polar surface area (TPSA) is 76.0 Å². The van der Waals surface area contributed by atoms with Gasteiger partial charge in [0.2, 0.25) is 11.8 Å². The first-order chi connectivity index (χ1) is 14.1. The molecule has 2 aromatic carbocycles. The second-order valence-electron chi connectivity index (χ2n) is 7.03. The van der Waals surface area contributed by atoms with Crippen molar-refractivity contribution >= 4 is 17.5 Å². The Labute approximate surface area is 167 Å². The highest BCUT2D eigenvalue weighted by Gasteiger charge is 2.30. The van der Waals surface area contributed by atoms with Crippen molar-refractivity contribution < 1.29 is 14.0 Å². The van der Waals surface area contributed by atoms with Crippen molar-refractivity contribution in [3.8, 4) is 0 Å². The summed E-state index contributed by atoms with van der Waals surface area (Å²) in [6, 6.07) is 14.2. The van der Waals surface area contributed by atoms with Gasteiger partial charge in [0.05, 0.1) is 5.92 Å². The molecule has 0 fully saturated rings. The Morgan fingerprint density at radius 1 is 1.24 bits per heavy atom. The van der Waals surface area contributed by atoms with E-state index in [1.165, 1.54) is 17.7 Å². The zero-order valence-corrected chi connectivity index (χ0v) is 15.8. The van der Waals surface area contributed by atoms with Crippen molar-refractivity contribution in [1.82, 2.24) is 14.9 Å². The summed E-state index contributed by atoms with van der Waals surface area (Å²) in [6.45, 7) is 1.12. The van der Waals surface area contributed by atoms with Gasteiger partial charge in [0, 0.05) is 44.0 Å². The number of nitrogens with one attached hydrogen (secondary N) is 2. The molecule has 2 N–H and O–H groups in total. The molecule has 0 aliphatic carbocycles. The number of halogens is 1. The molecule has 1 atom stereocenters. The first kappa shape index (κ1) is 18.9. The molecule has 4 rings (SSSR count). The number of carbonyl (C=O) groups excluding carboxylic acids is 2. The fourth-order valence-electron chi connectivity index (χ4n) is 3.58. The SMILES string of the molecule is O=C1C[C@@H](C(=O)NCCc2nccn2Cc2ccccc2)c2ccc(F)cc2N1. The fraction of sp³-hybridized carbons (Fsp3) is 0.227. The van der Waals surface area contributed by atoms with Crippen molar-refractivity contribution in [2.75, 3.05) is 11.9 Å². The number of amides is 2. The number of imidazole rings is 1. The van der Waals surface area contributed by atoms with E-state index in [2.05, 4.69) is 27.8 Å². The highest BCUT2D eigenvalue weighted by molar-refractivity contribution is 6.01. The van der Waals surface area contributed by atoms with Crippen LogP contribution < -0.4 is 10.6 Å². The third-order valence-electron chi connectivity index (χ3n) is 5.02. The summed E-state index contributed by atoms with van der Waals surface area (Å²) in [5.74, 6) is -0.729. The van der Waals surface area contributed by atoms with Crippen molar-refractivity contribution in [3.05, 3.63) is 83.7 Å². The van der Waals surface area contributed by atoms with Gasteiger partial charge in [0.15, 0.2) is 0 Å². The summed E-state index contributed by atoms with van der Waals surface area (Å²) in [5.41, 5.74) is 2.17. The maximum Gasteiger partial charge on any atom is 0.228 e. The molecule has 7 heteroatoms.